The van der Waals surface area contributed by atoms with E-state index < -0.39 is 0 Å². The Balaban J connectivity index is 1.54. The van der Waals surface area contributed by atoms with Crippen LogP contribution in [0.4, 0.5) is 0 Å². The van der Waals surface area contributed by atoms with Crippen molar-refractivity contribution >= 4 is 5.91 Å². The molecule has 4 saturated carbocycles. The summed E-state index contributed by atoms with van der Waals surface area (Å²) >= 11 is 0. The van der Waals surface area contributed by atoms with Crippen molar-refractivity contribution in [3.8, 4) is 0 Å². The monoisotopic (exact) mass is 731 g/mol. The van der Waals surface area contributed by atoms with Gasteiger partial charge in [-0.05, 0) is 138 Å². The van der Waals surface area contributed by atoms with Crippen LogP contribution < -0.4 is 17.2 Å². The Morgan fingerprint density at radius 1 is 0.788 bits per heavy atom. The van der Waals surface area contributed by atoms with Gasteiger partial charge in [-0.15, -0.1) is 0 Å². The van der Waals surface area contributed by atoms with Crippen LogP contribution in [0.5, 0.6) is 0 Å². The summed E-state index contributed by atoms with van der Waals surface area (Å²) in [5.74, 6) is 5.57. The largest absolute Gasteiger partial charge is 0.378 e. The Bertz CT molecular complexity index is 1020. The molecule has 6 N–H and O–H groups in total. The van der Waals surface area contributed by atoms with Crippen molar-refractivity contribution in [2.24, 2.45) is 51.7 Å². The third kappa shape index (κ3) is 10.7. The maximum absolute atomic E-state index is 13.8. The number of fused-ring (bicyclic) bond motifs is 5. The van der Waals surface area contributed by atoms with Gasteiger partial charge in [-0.25, -0.2) is 0 Å². The lowest BCUT2D eigenvalue weighted by Crippen LogP contribution is -2.62. The lowest BCUT2D eigenvalue weighted by atomic mass is 9.43. The first-order valence-electron chi connectivity index (χ1n) is 22.1. The quantitative estimate of drug-likeness (QED) is 0.0813. The smallest absolute Gasteiger partial charge is 0.222 e. The molecule has 8 nitrogen and oxygen atoms in total. The van der Waals surface area contributed by atoms with Crippen molar-refractivity contribution in [1.82, 2.24) is 4.90 Å². The van der Waals surface area contributed by atoms with E-state index in [1.165, 1.54) is 44.9 Å². The minimum absolute atomic E-state index is 0.00966. The van der Waals surface area contributed by atoms with Crippen LogP contribution in [0.3, 0.4) is 0 Å². The SMILES string of the molecule is CCCCCCN(CCCCC)C(=O)CC[C@@H](C)[C@H]1CC[C@H]2[C]3[C@H](OCCCN)C[C]4C[C@H](OCCCN)CC[C@]4(C)[C@H]3C[C@H](OCCCN)[C@]12C. The highest BCUT2D eigenvalue weighted by molar-refractivity contribution is 5.76. The van der Waals surface area contributed by atoms with E-state index in [-0.39, 0.29) is 29.1 Å². The molecule has 4 rings (SSSR count). The number of ether oxygens (including phenoxy) is 3. The molecule has 0 aliphatic heterocycles. The van der Waals surface area contributed by atoms with Crippen molar-refractivity contribution < 1.29 is 19.0 Å². The van der Waals surface area contributed by atoms with Gasteiger partial charge in [0.05, 0.1) is 18.3 Å². The maximum Gasteiger partial charge on any atom is 0.222 e. The number of hydrogen-bond acceptors (Lipinski definition) is 7. The van der Waals surface area contributed by atoms with Crippen LogP contribution in [0.2, 0.25) is 0 Å². The van der Waals surface area contributed by atoms with Crippen LogP contribution in [-0.4, -0.2) is 81.7 Å². The van der Waals surface area contributed by atoms with Crippen LogP contribution in [-0.2, 0) is 19.0 Å². The zero-order valence-corrected chi connectivity index (χ0v) is 34.4. The number of carbonyl (C=O) groups excluding carboxylic acids is 1. The molecule has 0 unspecified atom stereocenters. The van der Waals surface area contributed by atoms with Crippen molar-refractivity contribution in [2.75, 3.05) is 52.5 Å². The number of amides is 1. The third-order valence-electron chi connectivity index (χ3n) is 14.3. The van der Waals surface area contributed by atoms with E-state index in [4.69, 9.17) is 31.4 Å². The molecule has 0 aromatic carbocycles. The summed E-state index contributed by atoms with van der Waals surface area (Å²) in [6, 6.07) is 0. The highest BCUT2D eigenvalue weighted by atomic mass is 16.5. The van der Waals surface area contributed by atoms with E-state index >= 15 is 0 Å². The average Bonchev–Trinajstić information content (AvgIpc) is 3.50. The molecule has 1 amide bonds. The Morgan fingerprint density at radius 2 is 1.42 bits per heavy atom. The topological polar surface area (TPSA) is 126 Å². The molecule has 0 bridgehead atoms. The molecule has 4 aliphatic carbocycles. The van der Waals surface area contributed by atoms with Crippen LogP contribution in [0.25, 0.3) is 0 Å². The van der Waals surface area contributed by atoms with Gasteiger partial charge in [0.15, 0.2) is 0 Å². The summed E-state index contributed by atoms with van der Waals surface area (Å²) < 4.78 is 20.3. The van der Waals surface area contributed by atoms with E-state index in [2.05, 4.69) is 39.5 Å². The third-order valence-corrected chi connectivity index (χ3v) is 14.3. The van der Waals surface area contributed by atoms with Gasteiger partial charge >= 0.3 is 0 Å². The Kier molecular flexibility index (Phi) is 18.7. The van der Waals surface area contributed by atoms with Gasteiger partial charge in [0, 0.05) is 50.7 Å². The molecule has 302 valence electrons. The van der Waals surface area contributed by atoms with E-state index in [1.807, 2.05) is 0 Å². The second-order valence-corrected chi connectivity index (χ2v) is 17.7. The first kappa shape index (κ1) is 44.0. The van der Waals surface area contributed by atoms with Crippen molar-refractivity contribution in [3.05, 3.63) is 11.8 Å². The van der Waals surface area contributed by atoms with Crippen LogP contribution in [0, 0.1) is 46.3 Å². The van der Waals surface area contributed by atoms with Gasteiger partial charge in [0.25, 0.3) is 0 Å². The molecule has 9 atom stereocenters. The fourth-order valence-electron chi connectivity index (χ4n) is 11.2. The summed E-state index contributed by atoms with van der Waals surface area (Å²) in [6.07, 6.45) is 21.0. The Hall–Kier alpha value is -0.770. The Labute approximate surface area is 320 Å². The first-order chi connectivity index (χ1) is 25.2. The fourth-order valence-corrected chi connectivity index (χ4v) is 11.2. The van der Waals surface area contributed by atoms with E-state index in [9.17, 15) is 4.79 Å². The predicted molar refractivity (Wildman–Crippen MR) is 214 cm³/mol. The molecule has 0 heterocycles. The van der Waals surface area contributed by atoms with Crippen molar-refractivity contribution in [2.45, 2.75) is 175 Å². The number of nitrogens with zero attached hydrogens (tertiary/aromatic N) is 1. The molecule has 52 heavy (non-hydrogen) atoms. The number of carbonyl (C=O) groups is 1. The molecular formula is C44H82N4O4. The van der Waals surface area contributed by atoms with E-state index in [0.717, 1.165) is 96.9 Å². The predicted octanol–water partition coefficient (Wildman–Crippen LogP) is 8.00. The minimum Gasteiger partial charge on any atom is -0.378 e. The lowest BCUT2D eigenvalue weighted by molar-refractivity contribution is -0.153. The molecule has 0 aromatic rings. The molecule has 0 aromatic heterocycles. The van der Waals surface area contributed by atoms with E-state index in [1.54, 1.807) is 11.8 Å². The van der Waals surface area contributed by atoms with Gasteiger partial charge in [-0.1, -0.05) is 66.7 Å². The van der Waals surface area contributed by atoms with Crippen molar-refractivity contribution in [3.63, 3.8) is 0 Å². The summed E-state index contributed by atoms with van der Waals surface area (Å²) in [5.41, 5.74) is 17.9. The van der Waals surface area contributed by atoms with Crippen LogP contribution in [0.15, 0.2) is 0 Å². The fraction of sp³-hybridized carbons (Fsp3) is 0.932. The normalized spacial score (nSPS) is 32.7. The second kappa shape index (κ2) is 22.1. The second-order valence-electron chi connectivity index (χ2n) is 17.7. The van der Waals surface area contributed by atoms with Gasteiger partial charge in [0.2, 0.25) is 5.91 Å². The first-order valence-corrected chi connectivity index (χ1v) is 22.1. The molecule has 8 heteroatoms. The zero-order chi connectivity index (χ0) is 37.6. The molecule has 0 saturated heterocycles. The number of nitrogens with two attached hydrogens (primary N) is 3. The molecule has 4 fully saturated rings. The summed E-state index contributed by atoms with van der Waals surface area (Å²) in [7, 11) is 0. The highest BCUT2D eigenvalue weighted by Gasteiger charge is 2.67. The summed E-state index contributed by atoms with van der Waals surface area (Å²) in [5, 5.41) is 0. The molecule has 4 aliphatic rings. The minimum atomic E-state index is 0.00966. The van der Waals surface area contributed by atoms with Gasteiger partial charge in [0.1, 0.15) is 0 Å². The number of unbranched alkanes of at least 4 members (excludes halogenated alkanes) is 5. The standard InChI is InChI=1S/C44H82N4O4/c1-6-8-10-12-26-48(25-11-9-7-2)41(49)19-16-33(3)36-17-18-37-42-38(32-40(44(36,37)5)52-29-15-24-47)43(4)21-20-35(50-27-13-22-45)30-34(43)31-39(42)51-28-14-23-46/h33,35-40H,6-32,45-47H2,1-5H3/t33-,35-,36-,37+,38+,39-,40+,43+,44-/m1/s1. The zero-order valence-electron chi connectivity index (χ0n) is 34.4. The van der Waals surface area contributed by atoms with Gasteiger partial charge < -0.3 is 36.3 Å². The van der Waals surface area contributed by atoms with Gasteiger partial charge in [-0.2, -0.15) is 0 Å². The van der Waals surface area contributed by atoms with Gasteiger partial charge in [-0.3, -0.25) is 4.79 Å². The number of hydrogen-bond donors (Lipinski definition) is 3. The van der Waals surface area contributed by atoms with Crippen molar-refractivity contribution in [1.29, 1.82) is 0 Å². The maximum atomic E-state index is 13.8. The molecule has 0 spiro atoms. The number of rotatable bonds is 25. The summed E-state index contributed by atoms with van der Waals surface area (Å²) in [6.45, 7) is 18.1. The molecule has 2 radical (unpaired) electrons. The molecular weight excluding hydrogens is 649 g/mol. The summed E-state index contributed by atoms with van der Waals surface area (Å²) in [4.78, 5) is 16.0. The lowest BCUT2D eigenvalue weighted by Gasteiger charge is -2.64. The van der Waals surface area contributed by atoms with Crippen LogP contribution in [0.1, 0.15) is 157 Å². The average molecular weight is 731 g/mol. The van der Waals surface area contributed by atoms with E-state index in [0.29, 0.717) is 62.2 Å². The van der Waals surface area contributed by atoms with Crippen LogP contribution >= 0.6 is 0 Å². The highest BCUT2D eigenvalue weighted by Crippen LogP contribution is 2.70. The Morgan fingerprint density at radius 3 is 2.10 bits per heavy atom.